The molecule has 140 valence electrons. The maximum atomic E-state index is 4.31. The van der Waals surface area contributed by atoms with Gasteiger partial charge in [-0.05, 0) is 47.7 Å². The molecule has 0 radical (unpaired) electrons. The molecule has 2 N–H and O–H groups in total. The Balaban J connectivity index is 0. The second-order valence-corrected chi connectivity index (χ2v) is 6.38. The molecule has 0 fully saturated rings. The molecule has 6 heteroatoms. The van der Waals surface area contributed by atoms with E-state index in [0.29, 0.717) is 18.1 Å². The van der Waals surface area contributed by atoms with E-state index in [9.17, 15) is 0 Å². The van der Waals surface area contributed by atoms with Gasteiger partial charge in [0.1, 0.15) is 0 Å². The van der Waals surface area contributed by atoms with Crippen LogP contribution in [0.2, 0.25) is 0 Å². The van der Waals surface area contributed by atoms with Crippen molar-refractivity contribution in [1.29, 1.82) is 0 Å². The summed E-state index contributed by atoms with van der Waals surface area (Å²) in [5.74, 6) is 0.895. The summed E-state index contributed by atoms with van der Waals surface area (Å²) in [7, 11) is 1.83. The third-order valence-corrected chi connectivity index (χ3v) is 4.21. The molecule has 23 heavy (non-hydrogen) atoms. The second-order valence-electron chi connectivity index (χ2n) is 6.38. The summed E-state index contributed by atoms with van der Waals surface area (Å²) in [5, 5.41) is 6.85. The molecule has 0 aromatic heterocycles. The van der Waals surface area contributed by atoms with Crippen LogP contribution in [0.15, 0.2) is 4.99 Å². The SMILES string of the molecule is CCN(CC)C(C)CNC(=NC)NCCN(C(C)C)C(C)C.I. The van der Waals surface area contributed by atoms with Gasteiger partial charge >= 0.3 is 0 Å². The third-order valence-electron chi connectivity index (χ3n) is 4.21. The first-order valence-corrected chi connectivity index (χ1v) is 8.81. The fourth-order valence-corrected chi connectivity index (χ4v) is 2.86. The van der Waals surface area contributed by atoms with Crippen molar-refractivity contribution in [2.75, 3.05) is 39.8 Å². The molecule has 0 aromatic rings. The Kier molecular flexibility index (Phi) is 15.6. The highest BCUT2D eigenvalue weighted by molar-refractivity contribution is 14.0. The van der Waals surface area contributed by atoms with Gasteiger partial charge in [-0.15, -0.1) is 24.0 Å². The van der Waals surface area contributed by atoms with E-state index >= 15 is 0 Å². The topological polar surface area (TPSA) is 42.9 Å². The van der Waals surface area contributed by atoms with Crippen molar-refractivity contribution in [3.63, 3.8) is 0 Å². The summed E-state index contributed by atoms with van der Waals surface area (Å²) in [6.07, 6.45) is 0. The Morgan fingerprint density at radius 3 is 1.87 bits per heavy atom. The van der Waals surface area contributed by atoms with Crippen LogP contribution in [-0.2, 0) is 0 Å². The summed E-state index contributed by atoms with van der Waals surface area (Å²) in [6.45, 7) is 20.7. The minimum absolute atomic E-state index is 0. The lowest BCUT2D eigenvalue weighted by atomic mass is 10.2. The lowest BCUT2D eigenvalue weighted by Crippen LogP contribution is -2.48. The minimum atomic E-state index is 0. The van der Waals surface area contributed by atoms with Gasteiger partial charge in [0, 0.05) is 44.8 Å². The zero-order chi connectivity index (χ0) is 17.1. The van der Waals surface area contributed by atoms with Gasteiger partial charge in [0.05, 0.1) is 0 Å². The summed E-state index contributed by atoms with van der Waals surface area (Å²) in [6, 6.07) is 1.65. The molecular weight excluding hydrogens is 401 g/mol. The number of hydrogen-bond acceptors (Lipinski definition) is 3. The summed E-state index contributed by atoms with van der Waals surface area (Å²) in [4.78, 5) is 9.24. The lowest BCUT2D eigenvalue weighted by molar-refractivity contribution is 0.178. The summed E-state index contributed by atoms with van der Waals surface area (Å²) < 4.78 is 0. The van der Waals surface area contributed by atoms with Crippen LogP contribution in [0.3, 0.4) is 0 Å². The number of aliphatic imine (C=N–C) groups is 1. The van der Waals surface area contributed by atoms with E-state index in [4.69, 9.17) is 0 Å². The number of likely N-dealkylation sites (N-methyl/N-ethyl adjacent to an activating group) is 1. The molecule has 0 rings (SSSR count). The van der Waals surface area contributed by atoms with Crippen LogP contribution in [0.5, 0.6) is 0 Å². The van der Waals surface area contributed by atoms with Gasteiger partial charge in [-0.2, -0.15) is 0 Å². The van der Waals surface area contributed by atoms with Gasteiger partial charge in [0.2, 0.25) is 0 Å². The van der Waals surface area contributed by atoms with Crippen LogP contribution in [0.25, 0.3) is 0 Å². The Hall–Kier alpha value is -0.0800. The van der Waals surface area contributed by atoms with Crippen LogP contribution >= 0.6 is 24.0 Å². The van der Waals surface area contributed by atoms with Crippen molar-refractivity contribution in [3.8, 4) is 0 Å². The molecule has 5 nitrogen and oxygen atoms in total. The largest absolute Gasteiger partial charge is 0.355 e. The monoisotopic (exact) mass is 441 g/mol. The fraction of sp³-hybridized carbons (Fsp3) is 0.941. The quantitative estimate of drug-likeness (QED) is 0.311. The number of halogens is 1. The van der Waals surface area contributed by atoms with E-state index in [1.54, 1.807) is 0 Å². The Morgan fingerprint density at radius 1 is 0.957 bits per heavy atom. The number of nitrogens with zero attached hydrogens (tertiary/aromatic N) is 3. The molecular formula is C17H40IN5. The smallest absolute Gasteiger partial charge is 0.191 e. The summed E-state index contributed by atoms with van der Waals surface area (Å²) in [5.41, 5.74) is 0. The molecule has 0 saturated carbocycles. The predicted octanol–water partition coefficient (Wildman–Crippen LogP) is 2.62. The zero-order valence-electron chi connectivity index (χ0n) is 16.5. The average molecular weight is 441 g/mol. The van der Waals surface area contributed by atoms with Crippen molar-refractivity contribution in [2.24, 2.45) is 4.99 Å². The number of hydrogen-bond donors (Lipinski definition) is 2. The molecule has 0 bridgehead atoms. The Bertz CT molecular complexity index is 295. The molecule has 0 heterocycles. The zero-order valence-corrected chi connectivity index (χ0v) is 18.8. The molecule has 1 atom stereocenters. The van der Waals surface area contributed by atoms with Crippen LogP contribution in [-0.4, -0.2) is 73.7 Å². The normalized spacial score (nSPS) is 13.7. The highest BCUT2D eigenvalue weighted by atomic mass is 127. The predicted molar refractivity (Wildman–Crippen MR) is 114 cm³/mol. The first-order chi connectivity index (χ1) is 10.4. The maximum absolute atomic E-state index is 4.31. The van der Waals surface area contributed by atoms with Gasteiger partial charge in [0.25, 0.3) is 0 Å². The van der Waals surface area contributed by atoms with Crippen molar-refractivity contribution in [1.82, 2.24) is 20.4 Å². The second kappa shape index (κ2) is 14.3. The molecule has 0 aliphatic heterocycles. The van der Waals surface area contributed by atoms with Gasteiger partial charge in [0.15, 0.2) is 5.96 Å². The standard InChI is InChI=1S/C17H39N5.HI/c1-9-21(10-2)16(7)13-20-17(18-8)19-11-12-22(14(3)4)15(5)6;/h14-16H,9-13H2,1-8H3,(H2,18,19,20);1H. The Labute approximate surface area is 161 Å². The fourth-order valence-electron chi connectivity index (χ4n) is 2.86. The van der Waals surface area contributed by atoms with Gasteiger partial charge < -0.3 is 10.6 Å². The van der Waals surface area contributed by atoms with Gasteiger partial charge in [-0.25, -0.2) is 0 Å². The van der Waals surface area contributed by atoms with Crippen molar-refractivity contribution >= 4 is 29.9 Å². The van der Waals surface area contributed by atoms with Crippen molar-refractivity contribution in [2.45, 2.75) is 66.6 Å². The van der Waals surface area contributed by atoms with E-state index < -0.39 is 0 Å². The van der Waals surface area contributed by atoms with Gasteiger partial charge in [-0.1, -0.05) is 13.8 Å². The first-order valence-electron chi connectivity index (χ1n) is 8.81. The van der Waals surface area contributed by atoms with Crippen LogP contribution in [0, 0.1) is 0 Å². The summed E-state index contributed by atoms with van der Waals surface area (Å²) >= 11 is 0. The number of rotatable bonds is 10. The van der Waals surface area contributed by atoms with E-state index in [2.05, 4.69) is 73.9 Å². The molecule has 0 amide bonds. The number of guanidine groups is 1. The first kappa shape index (κ1) is 25.2. The van der Waals surface area contributed by atoms with E-state index in [1.165, 1.54) is 0 Å². The van der Waals surface area contributed by atoms with Crippen LogP contribution < -0.4 is 10.6 Å². The molecule has 1 unspecified atom stereocenters. The molecule has 0 aliphatic rings. The van der Waals surface area contributed by atoms with Crippen LogP contribution in [0.1, 0.15) is 48.5 Å². The molecule has 0 aromatic carbocycles. The van der Waals surface area contributed by atoms with Crippen molar-refractivity contribution in [3.05, 3.63) is 0 Å². The highest BCUT2D eigenvalue weighted by Crippen LogP contribution is 2.03. The van der Waals surface area contributed by atoms with Crippen molar-refractivity contribution < 1.29 is 0 Å². The average Bonchev–Trinajstić information content (AvgIpc) is 2.46. The van der Waals surface area contributed by atoms with Crippen LogP contribution in [0.4, 0.5) is 0 Å². The third kappa shape index (κ3) is 10.4. The molecule has 0 aliphatic carbocycles. The molecule has 0 spiro atoms. The number of nitrogens with one attached hydrogen (secondary N) is 2. The van der Waals surface area contributed by atoms with E-state index in [-0.39, 0.29) is 24.0 Å². The molecule has 0 saturated heterocycles. The van der Waals surface area contributed by atoms with Gasteiger partial charge in [-0.3, -0.25) is 14.8 Å². The minimum Gasteiger partial charge on any atom is -0.355 e. The Morgan fingerprint density at radius 2 is 1.48 bits per heavy atom. The maximum Gasteiger partial charge on any atom is 0.191 e. The van der Waals surface area contributed by atoms with E-state index in [0.717, 1.165) is 38.7 Å². The highest BCUT2D eigenvalue weighted by Gasteiger charge is 2.13. The van der Waals surface area contributed by atoms with E-state index in [1.807, 2.05) is 7.05 Å². The lowest BCUT2D eigenvalue weighted by Gasteiger charge is -2.31.